The van der Waals surface area contributed by atoms with Gasteiger partial charge in [-0.05, 0) is 67.1 Å². The van der Waals surface area contributed by atoms with Crippen LogP contribution in [0.5, 0.6) is 5.75 Å². The fourth-order valence-corrected chi connectivity index (χ4v) is 5.43. The standard InChI is InChI=1S/C33H27Cl3N4O3/c1-19-6-10-21-4-3-5-28(32(21)39-19)43-18-23-24(34)13-14-25(30(23)36)40-26(15-17-29(40)35)31(37)27(41)16-9-20-7-11-22(12-8-20)33(42)38-2/h3-17,31H,18,37H2,1-2H3,(H,38,42)/b16-9+. The normalized spacial score (nSPS) is 12.0. The zero-order valence-electron chi connectivity index (χ0n) is 23.3. The quantitative estimate of drug-likeness (QED) is 0.164. The molecule has 0 saturated carbocycles. The molecule has 2 heterocycles. The van der Waals surface area contributed by atoms with Crippen LogP contribution in [0.2, 0.25) is 15.2 Å². The number of carbonyl (C=O) groups excluding carboxylic acids is 2. The summed E-state index contributed by atoms with van der Waals surface area (Å²) in [5.41, 5.74) is 10.8. The molecule has 1 amide bonds. The van der Waals surface area contributed by atoms with Crippen molar-refractivity contribution in [3.05, 3.63) is 128 Å². The monoisotopic (exact) mass is 632 g/mol. The van der Waals surface area contributed by atoms with Gasteiger partial charge in [0.2, 0.25) is 0 Å². The largest absolute Gasteiger partial charge is 0.487 e. The van der Waals surface area contributed by atoms with Gasteiger partial charge < -0.3 is 20.4 Å². The Hall–Kier alpha value is -4.14. The summed E-state index contributed by atoms with van der Waals surface area (Å²) >= 11 is 20.1. The molecule has 3 aromatic carbocycles. The number of ether oxygens (including phenoxy) is 1. The third kappa shape index (κ3) is 6.45. The van der Waals surface area contributed by atoms with Gasteiger partial charge in [-0.1, -0.05) is 71.2 Å². The molecule has 43 heavy (non-hydrogen) atoms. The van der Waals surface area contributed by atoms with E-state index in [1.165, 1.54) is 6.08 Å². The molecule has 0 aliphatic heterocycles. The van der Waals surface area contributed by atoms with E-state index in [2.05, 4.69) is 10.3 Å². The number of ketones is 1. The predicted octanol–water partition coefficient (Wildman–Crippen LogP) is 7.52. The summed E-state index contributed by atoms with van der Waals surface area (Å²) in [6.07, 6.45) is 3.03. The number of nitrogens with one attached hydrogen (secondary N) is 1. The van der Waals surface area contributed by atoms with Gasteiger partial charge in [0, 0.05) is 40.0 Å². The van der Waals surface area contributed by atoms with E-state index in [1.807, 2.05) is 37.3 Å². The van der Waals surface area contributed by atoms with Gasteiger partial charge in [-0.3, -0.25) is 9.59 Å². The van der Waals surface area contributed by atoms with E-state index in [1.54, 1.807) is 66.2 Å². The minimum Gasteiger partial charge on any atom is -0.487 e. The SMILES string of the molecule is CNC(=O)c1ccc(/C=C/C(=O)C(N)c2ccc(Cl)n2-c2ccc(Cl)c(COc3cccc4ccc(C)nc34)c2Cl)cc1. The van der Waals surface area contributed by atoms with Gasteiger partial charge in [0.25, 0.3) is 5.91 Å². The lowest BCUT2D eigenvalue weighted by molar-refractivity contribution is -0.115. The zero-order chi connectivity index (χ0) is 30.7. The van der Waals surface area contributed by atoms with Crippen molar-refractivity contribution in [3.8, 4) is 11.4 Å². The summed E-state index contributed by atoms with van der Waals surface area (Å²) in [4.78, 5) is 29.5. The first-order valence-corrected chi connectivity index (χ1v) is 14.4. The van der Waals surface area contributed by atoms with Crippen LogP contribution in [0.3, 0.4) is 0 Å². The zero-order valence-corrected chi connectivity index (χ0v) is 25.5. The van der Waals surface area contributed by atoms with Crippen molar-refractivity contribution in [1.29, 1.82) is 0 Å². The highest BCUT2D eigenvalue weighted by Crippen LogP contribution is 2.36. The van der Waals surface area contributed by atoms with Crippen LogP contribution in [-0.2, 0) is 11.4 Å². The number of para-hydroxylation sites is 1. The van der Waals surface area contributed by atoms with Crippen molar-refractivity contribution < 1.29 is 14.3 Å². The van der Waals surface area contributed by atoms with Gasteiger partial charge in [-0.25, -0.2) is 4.98 Å². The predicted molar refractivity (Wildman–Crippen MR) is 172 cm³/mol. The molecule has 5 rings (SSSR count). The van der Waals surface area contributed by atoms with Gasteiger partial charge in [-0.2, -0.15) is 0 Å². The number of fused-ring (bicyclic) bond motifs is 1. The van der Waals surface area contributed by atoms with Crippen LogP contribution >= 0.6 is 34.8 Å². The number of pyridine rings is 1. The van der Waals surface area contributed by atoms with E-state index in [9.17, 15) is 9.59 Å². The summed E-state index contributed by atoms with van der Waals surface area (Å²) in [5.74, 6) is 0.0578. The maximum absolute atomic E-state index is 13.1. The Morgan fingerprint density at radius 3 is 2.51 bits per heavy atom. The van der Waals surface area contributed by atoms with Crippen molar-refractivity contribution in [2.45, 2.75) is 19.6 Å². The smallest absolute Gasteiger partial charge is 0.251 e. The summed E-state index contributed by atoms with van der Waals surface area (Å²) in [6.45, 7) is 1.99. The number of aryl methyl sites for hydroxylation is 1. The summed E-state index contributed by atoms with van der Waals surface area (Å²) in [6, 6.07) is 22.2. The van der Waals surface area contributed by atoms with Gasteiger partial charge >= 0.3 is 0 Å². The van der Waals surface area contributed by atoms with Crippen LogP contribution in [-0.4, -0.2) is 28.3 Å². The molecule has 7 nitrogen and oxygen atoms in total. The number of rotatable bonds is 9. The van der Waals surface area contributed by atoms with Gasteiger partial charge in [0.15, 0.2) is 5.78 Å². The molecule has 3 N–H and O–H groups in total. The Balaban J connectivity index is 1.40. The third-order valence-electron chi connectivity index (χ3n) is 6.93. The lowest BCUT2D eigenvalue weighted by atomic mass is 10.1. The first kappa shape index (κ1) is 30.3. The molecule has 1 unspecified atom stereocenters. The van der Waals surface area contributed by atoms with Crippen molar-refractivity contribution in [3.63, 3.8) is 0 Å². The second-order valence-electron chi connectivity index (χ2n) is 9.76. The molecule has 0 bridgehead atoms. The fourth-order valence-electron chi connectivity index (χ4n) is 4.62. The molecule has 0 spiro atoms. The molecule has 10 heteroatoms. The van der Waals surface area contributed by atoms with Crippen molar-refractivity contribution in [1.82, 2.24) is 14.9 Å². The Kier molecular flexibility index (Phi) is 9.18. The van der Waals surface area contributed by atoms with Crippen molar-refractivity contribution in [2.75, 3.05) is 7.05 Å². The summed E-state index contributed by atoms with van der Waals surface area (Å²) < 4.78 is 7.78. The van der Waals surface area contributed by atoms with E-state index >= 15 is 0 Å². The Bertz CT molecular complexity index is 1870. The average Bonchev–Trinajstić information content (AvgIpc) is 3.40. The number of nitrogens with zero attached hydrogens (tertiary/aromatic N) is 2. The number of benzene rings is 3. The molecular weight excluding hydrogens is 607 g/mol. The lowest BCUT2D eigenvalue weighted by Gasteiger charge is -2.19. The van der Waals surface area contributed by atoms with Gasteiger partial charge in [0.05, 0.1) is 10.7 Å². The number of hydrogen-bond donors (Lipinski definition) is 2. The van der Waals surface area contributed by atoms with E-state index in [0.29, 0.717) is 43.5 Å². The molecule has 5 aromatic rings. The van der Waals surface area contributed by atoms with Crippen LogP contribution in [0.4, 0.5) is 0 Å². The number of hydrogen-bond acceptors (Lipinski definition) is 5. The molecule has 0 saturated heterocycles. The third-order valence-corrected chi connectivity index (χ3v) is 8.00. The minimum absolute atomic E-state index is 0.0703. The number of aromatic nitrogens is 2. The number of halogens is 3. The lowest BCUT2D eigenvalue weighted by Crippen LogP contribution is -2.22. The highest BCUT2D eigenvalue weighted by atomic mass is 35.5. The molecular formula is C33H27Cl3N4O3. The number of nitrogens with two attached hydrogens (primary N) is 1. The average molecular weight is 634 g/mol. The fraction of sp³-hybridized carbons (Fsp3) is 0.121. The molecule has 0 aliphatic rings. The topological polar surface area (TPSA) is 99.2 Å². The Morgan fingerprint density at radius 2 is 1.77 bits per heavy atom. The Labute approximate surface area is 263 Å². The summed E-state index contributed by atoms with van der Waals surface area (Å²) in [7, 11) is 1.56. The molecule has 0 radical (unpaired) electrons. The van der Waals surface area contributed by atoms with Crippen molar-refractivity contribution >= 4 is 63.5 Å². The first-order valence-electron chi connectivity index (χ1n) is 13.3. The molecule has 2 aromatic heterocycles. The van der Waals surface area contributed by atoms with E-state index in [4.69, 9.17) is 45.3 Å². The van der Waals surface area contributed by atoms with Gasteiger partial charge in [-0.15, -0.1) is 0 Å². The van der Waals surface area contributed by atoms with Crippen LogP contribution in [0.15, 0.2) is 84.9 Å². The van der Waals surface area contributed by atoms with Crippen LogP contribution in [0.25, 0.3) is 22.7 Å². The highest BCUT2D eigenvalue weighted by molar-refractivity contribution is 6.37. The second-order valence-corrected chi connectivity index (χ2v) is 10.9. The molecule has 1 atom stereocenters. The second kappa shape index (κ2) is 13.0. The Morgan fingerprint density at radius 1 is 1.00 bits per heavy atom. The highest BCUT2D eigenvalue weighted by Gasteiger charge is 2.23. The molecule has 218 valence electrons. The van der Waals surface area contributed by atoms with E-state index < -0.39 is 6.04 Å². The number of carbonyl (C=O) groups is 2. The minimum atomic E-state index is -1.04. The molecule has 0 fully saturated rings. The van der Waals surface area contributed by atoms with Gasteiger partial charge in [0.1, 0.15) is 29.1 Å². The van der Waals surface area contributed by atoms with Crippen molar-refractivity contribution in [2.24, 2.45) is 5.73 Å². The first-order chi connectivity index (χ1) is 20.7. The summed E-state index contributed by atoms with van der Waals surface area (Å²) in [5, 5.41) is 4.56. The van der Waals surface area contributed by atoms with Crippen LogP contribution in [0.1, 0.15) is 38.9 Å². The maximum atomic E-state index is 13.1. The van der Waals surface area contributed by atoms with Crippen LogP contribution in [0, 0.1) is 6.92 Å². The maximum Gasteiger partial charge on any atom is 0.251 e. The molecule has 0 aliphatic carbocycles. The van der Waals surface area contributed by atoms with Crippen LogP contribution < -0.4 is 15.8 Å². The van der Waals surface area contributed by atoms with E-state index in [0.717, 1.165) is 22.2 Å². The number of amides is 1. The van der Waals surface area contributed by atoms with E-state index in [-0.39, 0.29) is 18.3 Å².